The summed E-state index contributed by atoms with van der Waals surface area (Å²) in [4.78, 5) is 11.8. The van der Waals surface area contributed by atoms with E-state index in [4.69, 9.17) is 5.73 Å². The number of hydrogen-bond donors (Lipinski definition) is 3. The summed E-state index contributed by atoms with van der Waals surface area (Å²) in [5.41, 5.74) is 7.37. The number of carbonyl (C=O) groups excluding carboxylic acids is 1. The first-order valence-corrected chi connectivity index (χ1v) is 6.55. The summed E-state index contributed by atoms with van der Waals surface area (Å²) in [6.45, 7) is 2.55. The van der Waals surface area contributed by atoms with Gasteiger partial charge in [-0.25, -0.2) is 4.79 Å². The summed E-state index contributed by atoms with van der Waals surface area (Å²) in [6, 6.07) is 7.72. The molecule has 1 fully saturated rings. The zero-order chi connectivity index (χ0) is 13.0. The van der Waals surface area contributed by atoms with Crippen LogP contribution in [0.25, 0.3) is 0 Å². The molecule has 1 aromatic carbocycles. The zero-order valence-corrected chi connectivity index (χ0v) is 10.8. The first-order valence-electron chi connectivity index (χ1n) is 6.55. The van der Waals surface area contributed by atoms with Crippen molar-refractivity contribution in [2.24, 2.45) is 11.7 Å². The van der Waals surface area contributed by atoms with E-state index in [0.29, 0.717) is 12.5 Å². The van der Waals surface area contributed by atoms with Crippen molar-refractivity contribution in [2.75, 3.05) is 5.32 Å². The molecular weight excluding hydrogens is 226 g/mol. The summed E-state index contributed by atoms with van der Waals surface area (Å²) >= 11 is 0. The van der Waals surface area contributed by atoms with Gasteiger partial charge in [0.05, 0.1) is 0 Å². The van der Waals surface area contributed by atoms with Gasteiger partial charge in [-0.05, 0) is 43.4 Å². The number of nitrogens with one attached hydrogen (secondary N) is 2. The Labute approximate surface area is 108 Å². The van der Waals surface area contributed by atoms with Crippen molar-refractivity contribution in [3.8, 4) is 0 Å². The van der Waals surface area contributed by atoms with E-state index in [1.165, 1.54) is 19.3 Å². The number of hydrogen-bond acceptors (Lipinski definition) is 2. The van der Waals surface area contributed by atoms with E-state index < -0.39 is 0 Å². The van der Waals surface area contributed by atoms with Crippen LogP contribution in [0.2, 0.25) is 0 Å². The molecule has 18 heavy (non-hydrogen) atoms. The number of urea groups is 1. The fraction of sp³-hybridized carbons (Fsp3) is 0.500. The van der Waals surface area contributed by atoms with Crippen LogP contribution in [-0.4, -0.2) is 12.1 Å². The first-order chi connectivity index (χ1) is 8.69. The van der Waals surface area contributed by atoms with Crippen LogP contribution in [0.1, 0.15) is 31.7 Å². The second-order valence-corrected chi connectivity index (χ2v) is 4.98. The summed E-state index contributed by atoms with van der Waals surface area (Å²) in [5, 5.41) is 5.83. The van der Waals surface area contributed by atoms with E-state index in [9.17, 15) is 4.79 Å². The highest BCUT2D eigenvalue weighted by Crippen LogP contribution is 2.29. The summed E-state index contributed by atoms with van der Waals surface area (Å²) < 4.78 is 0. The Hall–Kier alpha value is -1.55. The Morgan fingerprint density at radius 3 is 2.89 bits per heavy atom. The highest BCUT2D eigenvalue weighted by atomic mass is 16.2. The third kappa shape index (κ3) is 3.23. The number of amides is 2. The second kappa shape index (κ2) is 5.87. The van der Waals surface area contributed by atoms with Crippen LogP contribution in [0.5, 0.6) is 0 Å². The fourth-order valence-corrected chi connectivity index (χ4v) is 2.21. The molecule has 0 aromatic heterocycles. The molecule has 2 amide bonds. The molecule has 4 N–H and O–H groups in total. The lowest BCUT2D eigenvalue weighted by Gasteiger charge is -2.31. The molecule has 98 valence electrons. The molecule has 1 unspecified atom stereocenters. The van der Waals surface area contributed by atoms with Crippen LogP contribution in [0.15, 0.2) is 24.3 Å². The molecule has 1 aliphatic carbocycles. The maximum atomic E-state index is 11.8. The van der Waals surface area contributed by atoms with E-state index in [-0.39, 0.29) is 12.1 Å². The molecule has 4 heteroatoms. The minimum atomic E-state index is -0.136. The minimum absolute atomic E-state index is 0.136. The van der Waals surface area contributed by atoms with Gasteiger partial charge in [0.25, 0.3) is 0 Å². The highest BCUT2D eigenvalue weighted by molar-refractivity contribution is 5.89. The van der Waals surface area contributed by atoms with Crippen LogP contribution in [0, 0.1) is 5.92 Å². The number of carbonyl (C=O) groups is 1. The molecule has 1 aromatic rings. The van der Waals surface area contributed by atoms with E-state index in [2.05, 4.69) is 17.6 Å². The lowest BCUT2D eigenvalue weighted by molar-refractivity contribution is 0.222. The summed E-state index contributed by atoms with van der Waals surface area (Å²) in [7, 11) is 0. The molecule has 0 radical (unpaired) electrons. The van der Waals surface area contributed by atoms with Gasteiger partial charge >= 0.3 is 6.03 Å². The van der Waals surface area contributed by atoms with Crippen LogP contribution in [-0.2, 0) is 6.54 Å². The zero-order valence-electron chi connectivity index (χ0n) is 10.8. The molecule has 0 saturated heterocycles. The van der Waals surface area contributed by atoms with Crippen molar-refractivity contribution in [2.45, 2.75) is 38.8 Å². The van der Waals surface area contributed by atoms with E-state index in [1.54, 1.807) is 0 Å². The Kier molecular flexibility index (Phi) is 4.20. The number of rotatable bonds is 4. The maximum Gasteiger partial charge on any atom is 0.319 e. The van der Waals surface area contributed by atoms with E-state index in [1.807, 2.05) is 24.3 Å². The Morgan fingerprint density at radius 2 is 2.28 bits per heavy atom. The average Bonchev–Trinajstić information content (AvgIpc) is 2.26. The standard InChI is InChI=1S/C14H21N3O/c1-10(12-5-3-6-12)16-14(18)17-13-7-2-4-11(8-13)9-15/h2,4,7-8,10,12H,3,5-6,9,15H2,1H3,(H2,16,17,18). The van der Waals surface area contributed by atoms with Crippen molar-refractivity contribution in [3.05, 3.63) is 29.8 Å². The predicted octanol–water partition coefficient (Wildman–Crippen LogP) is 2.46. The summed E-state index contributed by atoms with van der Waals surface area (Å²) in [6.07, 6.45) is 3.74. The van der Waals surface area contributed by atoms with Crippen LogP contribution >= 0.6 is 0 Å². The average molecular weight is 247 g/mol. The maximum absolute atomic E-state index is 11.8. The van der Waals surface area contributed by atoms with Gasteiger partial charge in [0.2, 0.25) is 0 Å². The van der Waals surface area contributed by atoms with Gasteiger partial charge in [-0.2, -0.15) is 0 Å². The van der Waals surface area contributed by atoms with E-state index in [0.717, 1.165) is 11.3 Å². The predicted molar refractivity (Wildman–Crippen MR) is 73.3 cm³/mol. The van der Waals surface area contributed by atoms with Crippen molar-refractivity contribution in [3.63, 3.8) is 0 Å². The number of anilines is 1. The van der Waals surface area contributed by atoms with Crippen LogP contribution in [0.4, 0.5) is 10.5 Å². The molecule has 0 heterocycles. The normalized spacial score (nSPS) is 16.8. The molecular formula is C14H21N3O. The summed E-state index contributed by atoms with van der Waals surface area (Å²) in [5.74, 6) is 0.645. The first kappa shape index (κ1) is 12.9. The molecule has 2 rings (SSSR count). The molecule has 0 aliphatic heterocycles. The molecule has 4 nitrogen and oxygen atoms in total. The smallest absolute Gasteiger partial charge is 0.319 e. The van der Waals surface area contributed by atoms with Gasteiger partial charge in [-0.3, -0.25) is 0 Å². The van der Waals surface area contributed by atoms with Gasteiger partial charge in [0.1, 0.15) is 0 Å². The lowest BCUT2D eigenvalue weighted by Crippen LogP contribution is -2.42. The van der Waals surface area contributed by atoms with Crippen molar-refractivity contribution >= 4 is 11.7 Å². The number of benzene rings is 1. The molecule has 1 aliphatic rings. The minimum Gasteiger partial charge on any atom is -0.335 e. The monoisotopic (exact) mass is 247 g/mol. The topological polar surface area (TPSA) is 67.2 Å². The Balaban J connectivity index is 1.85. The van der Waals surface area contributed by atoms with Crippen molar-refractivity contribution in [1.29, 1.82) is 0 Å². The Morgan fingerprint density at radius 1 is 1.50 bits per heavy atom. The quantitative estimate of drug-likeness (QED) is 0.765. The van der Waals surface area contributed by atoms with Gasteiger partial charge < -0.3 is 16.4 Å². The fourth-order valence-electron chi connectivity index (χ4n) is 2.21. The molecule has 1 atom stereocenters. The SMILES string of the molecule is CC(NC(=O)Nc1cccc(CN)c1)C1CCC1. The largest absolute Gasteiger partial charge is 0.335 e. The number of nitrogens with two attached hydrogens (primary N) is 1. The highest BCUT2D eigenvalue weighted by Gasteiger charge is 2.24. The van der Waals surface area contributed by atoms with Crippen molar-refractivity contribution < 1.29 is 4.79 Å². The Bertz CT molecular complexity index is 415. The second-order valence-electron chi connectivity index (χ2n) is 4.98. The van der Waals surface area contributed by atoms with Crippen LogP contribution < -0.4 is 16.4 Å². The van der Waals surface area contributed by atoms with Crippen LogP contribution in [0.3, 0.4) is 0 Å². The van der Waals surface area contributed by atoms with Crippen molar-refractivity contribution in [1.82, 2.24) is 5.32 Å². The third-order valence-electron chi connectivity index (χ3n) is 3.64. The van der Waals surface area contributed by atoms with Gasteiger partial charge in [-0.1, -0.05) is 18.6 Å². The lowest BCUT2D eigenvalue weighted by atomic mass is 9.80. The molecule has 1 saturated carbocycles. The van der Waals surface area contributed by atoms with Gasteiger partial charge in [0.15, 0.2) is 0 Å². The third-order valence-corrected chi connectivity index (χ3v) is 3.64. The van der Waals surface area contributed by atoms with E-state index >= 15 is 0 Å². The molecule has 0 spiro atoms. The van der Waals surface area contributed by atoms with Gasteiger partial charge in [-0.15, -0.1) is 0 Å². The van der Waals surface area contributed by atoms with Gasteiger partial charge in [0, 0.05) is 18.3 Å². The molecule has 0 bridgehead atoms.